The number of nitrogens with one attached hydrogen (secondary N) is 2. The maximum Gasteiger partial charge on any atom is 0.262 e. The summed E-state index contributed by atoms with van der Waals surface area (Å²) in [4.78, 5) is 12.5. The highest BCUT2D eigenvalue weighted by Crippen LogP contribution is 2.36. The first-order valence-corrected chi connectivity index (χ1v) is 13.3. The highest BCUT2D eigenvalue weighted by atomic mass is 79.9. The summed E-state index contributed by atoms with van der Waals surface area (Å²) in [5, 5.41) is 19.0. The Bertz CT molecular complexity index is 1320. The molecule has 1 amide bonds. The molecular formula is C26H27BrN6O3S. The Morgan fingerprint density at radius 1 is 1.08 bits per heavy atom. The molecule has 1 heterocycles. The molecule has 0 radical (unpaired) electrons. The number of anilines is 1. The molecule has 2 N–H and O–H groups in total. The third kappa shape index (κ3) is 7.31. The fourth-order valence-corrected chi connectivity index (χ4v) is 4.71. The van der Waals surface area contributed by atoms with Gasteiger partial charge in [0.15, 0.2) is 18.1 Å². The van der Waals surface area contributed by atoms with Gasteiger partial charge in [-0.2, -0.15) is 4.68 Å². The van der Waals surface area contributed by atoms with Crippen molar-refractivity contribution >= 4 is 39.3 Å². The zero-order valence-electron chi connectivity index (χ0n) is 20.5. The second-order valence-electron chi connectivity index (χ2n) is 7.99. The molecule has 0 fully saturated rings. The van der Waals surface area contributed by atoms with E-state index in [0.29, 0.717) is 24.6 Å². The van der Waals surface area contributed by atoms with Crippen LogP contribution in [0.1, 0.15) is 11.1 Å². The zero-order chi connectivity index (χ0) is 26.0. The van der Waals surface area contributed by atoms with Crippen LogP contribution in [0.4, 0.5) is 5.69 Å². The van der Waals surface area contributed by atoms with E-state index in [1.54, 1.807) is 29.6 Å². The van der Waals surface area contributed by atoms with Crippen molar-refractivity contribution in [3.8, 4) is 17.2 Å². The van der Waals surface area contributed by atoms with Crippen molar-refractivity contribution in [2.45, 2.75) is 18.6 Å². The maximum atomic E-state index is 12.5. The number of tetrazole rings is 1. The Hall–Kier alpha value is -3.41. The average molecular weight is 584 g/mol. The van der Waals surface area contributed by atoms with Gasteiger partial charge in [0.2, 0.25) is 5.16 Å². The molecule has 0 aliphatic carbocycles. The standard InChI is InChI=1S/C26H27BrN6O3S/c1-18-8-10-19(11-9-18)29-24(34)17-36-25-21(22(27)12-13-23(25)35-2)16-28-14-15-37-26-30-31-32-33(26)20-6-4-3-5-7-20/h3-13,28H,14-17H2,1-2H3,(H,29,34). The molecule has 4 aromatic rings. The molecule has 0 atom stereocenters. The number of benzene rings is 3. The van der Waals surface area contributed by atoms with E-state index in [-0.39, 0.29) is 12.5 Å². The van der Waals surface area contributed by atoms with Crippen molar-refractivity contribution in [3.63, 3.8) is 0 Å². The van der Waals surface area contributed by atoms with Gasteiger partial charge in [-0.15, -0.1) is 5.10 Å². The second kappa shape index (κ2) is 13.2. The average Bonchev–Trinajstić information content (AvgIpc) is 3.38. The van der Waals surface area contributed by atoms with Crippen molar-refractivity contribution < 1.29 is 14.3 Å². The fourth-order valence-electron chi connectivity index (χ4n) is 3.47. The lowest BCUT2D eigenvalue weighted by molar-refractivity contribution is -0.118. The minimum absolute atomic E-state index is 0.147. The van der Waals surface area contributed by atoms with Gasteiger partial charge in [-0.1, -0.05) is 63.6 Å². The Balaban J connectivity index is 1.33. The molecule has 0 bridgehead atoms. The lowest BCUT2D eigenvalue weighted by Crippen LogP contribution is -2.22. The number of ether oxygens (including phenoxy) is 2. The molecule has 11 heteroatoms. The van der Waals surface area contributed by atoms with E-state index in [1.807, 2.05) is 67.6 Å². The molecule has 3 aromatic carbocycles. The molecule has 192 valence electrons. The molecule has 0 aliphatic rings. The van der Waals surface area contributed by atoms with Gasteiger partial charge in [0, 0.05) is 34.6 Å². The van der Waals surface area contributed by atoms with Crippen LogP contribution in [-0.4, -0.2) is 52.1 Å². The van der Waals surface area contributed by atoms with Crippen molar-refractivity contribution in [2.24, 2.45) is 0 Å². The van der Waals surface area contributed by atoms with Gasteiger partial charge in [0.1, 0.15) is 0 Å². The van der Waals surface area contributed by atoms with Gasteiger partial charge in [-0.25, -0.2) is 0 Å². The number of halogens is 1. The van der Waals surface area contributed by atoms with E-state index in [9.17, 15) is 4.79 Å². The fraction of sp³-hybridized carbons (Fsp3) is 0.231. The molecule has 0 spiro atoms. The maximum absolute atomic E-state index is 12.5. The van der Waals surface area contributed by atoms with E-state index in [1.165, 1.54) is 0 Å². The predicted octanol–water partition coefficient (Wildman–Crippen LogP) is 4.64. The van der Waals surface area contributed by atoms with Crippen molar-refractivity contribution in [3.05, 3.63) is 82.3 Å². The van der Waals surface area contributed by atoms with Crippen LogP contribution in [0.5, 0.6) is 11.5 Å². The predicted molar refractivity (Wildman–Crippen MR) is 148 cm³/mol. The first-order chi connectivity index (χ1) is 18.0. The summed E-state index contributed by atoms with van der Waals surface area (Å²) >= 11 is 5.16. The van der Waals surface area contributed by atoms with Crippen LogP contribution in [0.25, 0.3) is 5.69 Å². The number of aryl methyl sites for hydroxylation is 1. The number of carbonyl (C=O) groups excluding carboxylic acids is 1. The summed E-state index contributed by atoms with van der Waals surface area (Å²) in [6.45, 7) is 3.06. The number of amides is 1. The van der Waals surface area contributed by atoms with E-state index in [4.69, 9.17) is 9.47 Å². The third-order valence-corrected chi connectivity index (χ3v) is 6.99. The zero-order valence-corrected chi connectivity index (χ0v) is 22.9. The third-order valence-electron chi connectivity index (χ3n) is 5.32. The number of hydrogen-bond donors (Lipinski definition) is 2. The summed E-state index contributed by atoms with van der Waals surface area (Å²) in [5.74, 6) is 1.57. The normalized spacial score (nSPS) is 10.8. The minimum atomic E-state index is -0.252. The van der Waals surface area contributed by atoms with E-state index in [0.717, 1.165) is 37.9 Å². The lowest BCUT2D eigenvalue weighted by atomic mass is 10.2. The summed E-state index contributed by atoms with van der Waals surface area (Å²) in [7, 11) is 1.58. The van der Waals surface area contributed by atoms with Gasteiger partial charge in [-0.05, 0) is 53.7 Å². The highest BCUT2D eigenvalue weighted by molar-refractivity contribution is 9.10. The topological polar surface area (TPSA) is 103 Å². The Labute approximate surface area is 228 Å². The smallest absolute Gasteiger partial charge is 0.262 e. The van der Waals surface area contributed by atoms with Crippen molar-refractivity contribution in [1.29, 1.82) is 0 Å². The number of nitrogens with zero attached hydrogens (tertiary/aromatic N) is 4. The van der Waals surface area contributed by atoms with E-state index in [2.05, 4.69) is 42.1 Å². The number of carbonyl (C=O) groups is 1. The minimum Gasteiger partial charge on any atom is -0.493 e. The molecule has 1 aromatic heterocycles. The highest BCUT2D eigenvalue weighted by Gasteiger charge is 2.16. The SMILES string of the molecule is COc1ccc(Br)c(CNCCSc2nnnn2-c2ccccc2)c1OCC(=O)Nc1ccc(C)cc1. The number of rotatable bonds is 12. The van der Waals surface area contributed by atoms with E-state index >= 15 is 0 Å². The first-order valence-electron chi connectivity index (χ1n) is 11.6. The lowest BCUT2D eigenvalue weighted by Gasteiger charge is -2.17. The second-order valence-corrected chi connectivity index (χ2v) is 9.91. The molecular weight excluding hydrogens is 556 g/mol. The molecule has 37 heavy (non-hydrogen) atoms. The van der Waals surface area contributed by atoms with E-state index < -0.39 is 0 Å². The summed E-state index contributed by atoms with van der Waals surface area (Å²) in [6.07, 6.45) is 0. The Kier molecular flexibility index (Phi) is 9.52. The molecule has 0 unspecified atom stereocenters. The molecule has 0 aliphatic heterocycles. The molecule has 0 saturated heterocycles. The number of aromatic nitrogens is 4. The van der Waals surface area contributed by atoms with Crippen molar-refractivity contribution in [1.82, 2.24) is 25.5 Å². The summed E-state index contributed by atoms with van der Waals surface area (Å²) in [6, 6.07) is 21.1. The molecule has 4 rings (SSSR count). The van der Waals surface area contributed by atoms with Crippen LogP contribution in [-0.2, 0) is 11.3 Å². The Morgan fingerprint density at radius 2 is 1.86 bits per heavy atom. The number of para-hydroxylation sites is 1. The van der Waals surface area contributed by atoms with Crippen LogP contribution in [0.3, 0.4) is 0 Å². The molecule has 9 nitrogen and oxygen atoms in total. The van der Waals surface area contributed by atoms with Crippen LogP contribution < -0.4 is 20.1 Å². The largest absolute Gasteiger partial charge is 0.493 e. The number of thioether (sulfide) groups is 1. The van der Waals surface area contributed by atoms with Crippen LogP contribution in [0.15, 0.2) is 76.4 Å². The van der Waals surface area contributed by atoms with Gasteiger partial charge in [0.25, 0.3) is 5.91 Å². The van der Waals surface area contributed by atoms with Crippen LogP contribution >= 0.6 is 27.7 Å². The van der Waals surface area contributed by atoms with Gasteiger partial charge >= 0.3 is 0 Å². The molecule has 0 saturated carbocycles. The van der Waals surface area contributed by atoms with Gasteiger partial charge < -0.3 is 20.1 Å². The van der Waals surface area contributed by atoms with Gasteiger partial charge in [-0.3, -0.25) is 4.79 Å². The number of methoxy groups -OCH3 is 1. The summed E-state index contributed by atoms with van der Waals surface area (Å²) < 4.78 is 14.0. The van der Waals surface area contributed by atoms with Crippen molar-refractivity contribution in [2.75, 3.05) is 31.3 Å². The first kappa shape index (κ1) is 26.6. The van der Waals surface area contributed by atoms with Crippen LogP contribution in [0.2, 0.25) is 0 Å². The quantitative estimate of drug-likeness (QED) is 0.184. The van der Waals surface area contributed by atoms with Crippen LogP contribution in [0, 0.1) is 6.92 Å². The monoisotopic (exact) mass is 582 g/mol. The number of hydrogen-bond acceptors (Lipinski definition) is 8. The van der Waals surface area contributed by atoms with Gasteiger partial charge in [0.05, 0.1) is 12.8 Å². The summed E-state index contributed by atoms with van der Waals surface area (Å²) in [5.41, 5.74) is 3.62. The Morgan fingerprint density at radius 3 is 2.62 bits per heavy atom.